The Morgan fingerprint density at radius 2 is 0.942 bits per heavy atom. The first-order valence-electron chi connectivity index (χ1n) is 28.1. The zero-order valence-corrected chi connectivity index (χ0v) is 47.9. The molecule has 10 rings (SSSR count). The minimum absolute atomic E-state index is 0.0601. The van der Waals surface area contributed by atoms with Crippen LogP contribution in [0.3, 0.4) is 0 Å². The fourth-order valence-electron chi connectivity index (χ4n) is 10.6. The molecule has 2 amide bonds. The normalized spacial score (nSPS) is 16.6. The standard InChI is InChI=1S/2C32H31F4N5O2/c2*1-4-29-37-15-13-26(39-29)23-6-5-14-38-31(23)43-22-10-11-25(33)24(18-22)30(42)40-27-17-20(32(34,35)36)8-12-28(27)41(3)21-9-7-19(2)16-21/h2*5-6,8,10-15,17-19,21H,4,7,9,16H2,1-3H3,(H,40,42)/t2*19?,21-/m10/s1. The van der Waals surface area contributed by atoms with Crippen LogP contribution < -0.4 is 29.9 Å². The number of hydrogen-bond donors (Lipinski definition) is 2. The molecule has 2 aliphatic carbocycles. The molecule has 4 atom stereocenters. The number of alkyl halides is 6. The van der Waals surface area contributed by atoms with E-state index in [1.807, 2.05) is 23.6 Å². The zero-order valence-electron chi connectivity index (χ0n) is 47.9. The maximum atomic E-state index is 15.0. The van der Waals surface area contributed by atoms with Crippen molar-refractivity contribution >= 4 is 34.6 Å². The van der Waals surface area contributed by atoms with Gasteiger partial charge in [-0.05, 0) is 160 Å². The lowest BCUT2D eigenvalue weighted by Crippen LogP contribution is -2.30. The van der Waals surface area contributed by atoms with Gasteiger partial charge in [0, 0.05) is 63.8 Å². The summed E-state index contributed by atoms with van der Waals surface area (Å²) in [7, 11) is 3.59. The number of amides is 2. The van der Waals surface area contributed by atoms with Gasteiger partial charge < -0.3 is 29.9 Å². The molecular formula is C64H62F8N10O4. The van der Waals surface area contributed by atoms with Gasteiger partial charge in [-0.2, -0.15) is 26.3 Å². The van der Waals surface area contributed by atoms with E-state index >= 15 is 0 Å². The third-order valence-electron chi connectivity index (χ3n) is 15.3. The zero-order chi connectivity index (χ0) is 61.5. The number of hydrogen-bond acceptors (Lipinski definition) is 12. The van der Waals surface area contributed by atoms with Crippen LogP contribution in [0.1, 0.15) is 110 Å². The maximum Gasteiger partial charge on any atom is 0.416 e. The van der Waals surface area contributed by atoms with Crippen LogP contribution in [0.15, 0.2) is 134 Å². The highest BCUT2D eigenvalue weighted by molar-refractivity contribution is 6.07. The number of ether oxygens (including phenoxy) is 2. The summed E-state index contributed by atoms with van der Waals surface area (Å²) in [5.41, 5.74) is 0.361. The summed E-state index contributed by atoms with van der Waals surface area (Å²) in [5, 5.41) is 5.06. The first-order chi connectivity index (χ1) is 41.1. The summed E-state index contributed by atoms with van der Waals surface area (Å²) in [5.74, 6) is -0.744. The highest BCUT2D eigenvalue weighted by Gasteiger charge is 2.35. The summed E-state index contributed by atoms with van der Waals surface area (Å²) in [6.07, 6.45) is 3.84. The molecule has 2 N–H and O–H groups in total. The molecule has 14 nitrogen and oxygen atoms in total. The molecule has 4 heterocycles. The molecule has 2 aliphatic rings. The van der Waals surface area contributed by atoms with Gasteiger partial charge >= 0.3 is 12.4 Å². The molecule has 0 radical (unpaired) electrons. The molecule has 22 heteroatoms. The third kappa shape index (κ3) is 14.7. The Morgan fingerprint density at radius 3 is 1.30 bits per heavy atom. The minimum Gasteiger partial charge on any atom is -0.438 e. The van der Waals surface area contributed by atoms with Crippen LogP contribution in [0, 0.1) is 23.5 Å². The van der Waals surface area contributed by atoms with Crippen molar-refractivity contribution in [2.24, 2.45) is 11.8 Å². The quantitative estimate of drug-likeness (QED) is 0.0883. The first kappa shape index (κ1) is 61.5. The Kier molecular flexibility index (Phi) is 18.9. The van der Waals surface area contributed by atoms with Crippen molar-refractivity contribution in [2.45, 2.75) is 103 Å². The van der Waals surface area contributed by atoms with Crippen LogP contribution in [0.2, 0.25) is 0 Å². The number of aryl methyl sites for hydroxylation is 2. The molecule has 86 heavy (non-hydrogen) atoms. The van der Waals surface area contributed by atoms with E-state index < -0.39 is 58.1 Å². The van der Waals surface area contributed by atoms with Crippen LogP contribution in [-0.2, 0) is 25.2 Å². The lowest BCUT2D eigenvalue weighted by Gasteiger charge is -2.29. The van der Waals surface area contributed by atoms with Gasteiger partial charge in [0.25, 0.3) is 11.8 Å². The summed E-state index contributed by atoms with van der Waals surface area (Å²) >= 11 is 0. The second kappa shape index (κ2) is 26.5. The SMILES string of the molecule is CCc1nccc(-c2cccnc2Oc2ccc(F)c(C(=O)Nc3cc(C(F)(F)F)ccc3N(C)[C@@H]3CCC(C)C3)c2)n1.CCc1nccc(-c2cccnc2Oc2ccc(F)c(C(=O)Nc3cc(C(F)(F)F)ccc3N(C)[C@H]3CCC(C)C3)c2)n1. The highest BCUT2D eigenvalue weighted by atomic mass is 19.4. The summed E-state index contributed by atoms with van der Waals surface area (Å²) < 4.78 is 124. The van der Waals surface area contributed by atoms with E-state index in [9.17, 15) is 44.7 Å². The molecule has 4 aromatic carbocycles. The lowest BCUT2D eigenvalue weighted by molar-refractivity contribution is -0.138. The van der Waals surface area contributed by atoms with Crippen molar-refractivity contribution in [1.82, 2.24) is 29.9 Å². The number of carbonyl (C=O) groups excluding carboxylic acids is 2. The van der Waals surface area contributed by atoms with Crippen molar-refractivity contribution < 1.29 is 54.2 Å². The Balaban J connectivity index is 0.000000205. The van der Waals surface area contributed by atoms with E-state index in [2.05, 4.69) is 54.4 Å². The second-order valence-corrected chi connectivity index (χ2v) is 21.4. The Labute approximate surface area is 492 Å². The molecule has 0 aliphatic heterocycles. The number of rotatable bonds is 16. The maximum absolute atomic E-state index is 15.0. The van der Waals surface area contributed by atoms with Crippen LogP contribution in [-0.4, -0.2) is 67.9 Å². The predicted octanol–water partition coefficient (Wildman–Crippen LogP) is 15.9. The van der Waals surface area contributed by atoms with Crippen molar-refractivity contribution in [3.63, 3.8) is 0 Å². The molecule has 2 saturated carbocycles. The molecule has 0 saturated heterocycles. The van der Waals surface area contributed by atoms with Gasteiger partial charge in [0.15, 0.2) is 0 Å². The molecular weight excluding hydrogens is 1120 g/mol. The summed E-state index contributed by atoms with van der Waals surface area (Å²) in [6, 6.07) is 24.2. The number of nitrogens with zero attached hydrogens (tertiary/aromatic N) is 8. The van der Waals surface area contributed by atoms with Crippen molar-refractivity contribution in [2.75, 3.05) is 34.5 Å². The average Bonchev–Trinajstić information content (AvgIpc) is 3.13. The molecule has 8 aromatic rings. The van der Waals surface area contributed by atoms with Crippen LogP contribution in [0.4, 0.5) is 57.9 Å². The number of benzene rings is 4. The topological polar surface area (TPSA) is 160 Å². The number of aromatic nitrogens is 6. The first-order valence-corrected chi connectivity index (χ1v) is 28.1. The molecule has 2 fully saturated rings. The van der Waals surface area contributed by atoms with E-state index in [1.165, 1.54) is 48.8 Å². The number of halogens is 8. The van der Waals surface area contributed by atoms with E-state index in [1.54, 1.807) is 62.9 Å². The van der Waals surface area contributed by atoms with E-state index in [4.69, 9.17) is 9.47 Å². The van der Waals surface area contributed by atoms with Gasteiger partial charge in [0.1, 0.15) is 34.8 Å². The predicted molar refractivity (Wildman–Crippen MR) is 311 cm³/mol. The number of pyridine rings is 2. The van der Waals surface area contributed by atoms with Gasteiger partial charge in [-0.15, -0.1) is 0 Å². The number of anilines is 4. The van der Waals surface area contributed by atoms with Crippen molar-refractivity contribution in [3.8, 4) is 45.8 Å². The Hall–Kier alpha value is -9.08. The van der Waals surface area contributed by atoms with Crippen molar-refractivity contribution in [1.29, 1.82) is 0 Å². The largest absolute Gasteiger partial charge is 0.438 e. The Bertz CT molecular complexity index is 3500. The van der Waals surface area contributed by atoms with E-state index in [-0.39, 0.29) is 46.7 Å². The molecule has 2 unspecified atom stereocenters. The molecule has 0 bridgehead atoms. The van der Waals surface area contributed by atoms with Gasteiger partial charge in [-0.1, -0.05) is 27.7 Å². The van der Waals surface area contributed by atoms with Gasteiger partial charge in [0.2, 0.25) is 11.8 Å². The summed E-state index contributed by atoms with van der Waals surface area (Å²) in [4.78, 5) is 56.5. The number of carbonyl (C=O) groups is 2. The van der Waals surface area contributed by atoms with Crippen LogP contribution >= 0.6 is 0 Å². The third-order valence-corrected chi connectivity index (χ3v) is 15.3. The van der Waals surface area contributed by atoms with Crippen molar-refractivity contribution in [3.05, 3.63) is 180 Å². The van der Waals surface area contributed by atoms with Gasteiger partial charge in [-0.25, -0.2) is 38.7 Å². The second-order valence-electron chi connectivity index (χ2n) is 21.4. The lowest BCUT2D eigenvalue weighted by atomic mass is 10.1. The highest BCUT2D eigenvalue weighted by Crippen LogP contribution is 2.42. The fourth-order valence-corrected chi connectivity index (χ4v) is 10.6. The molecule has 448 valence electrons. The molecule has 0 spiro atoms. The monoisotopic (exact) mass is 1190 g/mol. The van der Waals surface area contributed by atoms with Crippen LogP contribution in [0.5, 0.6) is 23.3 Å². The summed E-state index contributed by atoms with van der Waals surface area (Å²) in [6.45, 7) is 8.12. The van der Waals surface area contributed by atoms with E-state index in [0.29, 0.717) is 70.2 Å². The Morgan fingerprint density at radius 1 is 0.535 bits per heavy atom. The van der Waals surface area contributed by atoms with Crippen LogP contribution in [0.25, 0.3) is 22.5 Å². The smallest absolute Gasteiger partial charge is 0.416 e. The minimum atomic E-state index is -4.63. The van der Waals surface area contributed by atoms with Gasteiger partial charge in [-0.3, -0.25) is 9.59 Å². The number of nitrogens with one attached hydrogen (secondary N) is 2. The molecule has 4 aromatic heterocycles. The fraction of sp³-hybridized carbons (Fsp3) is 0.312. The van der Waals surface area contributed by atoms with Gasteiger partial charge in [0.05, 0.1) is 67.5 Å². The average molecular weight is 1190 g/mol. The van der Waals surface area contributed by atoms with E-state index in [0.717, 1.165) is 74.9 Å².